The van der Waals surface area contributed by atoms with Gasteiger partial charge >= 0.3 is 0 Å². The number of thiocarbonyl (C=S) groups is 1. The predicted molar refractivity (Wildman–Crippen MR) is 90.8 cm³/mol. The third kappa shape index (κ3) is 3.63. The molecule has 1 unspecified atom stereocenters. The number of benzene rings is 2. The van der Waals surface area contributed by atoms with E-state index >= 15 is 0 Å². The van der Waals surface area contributed by atoms with Crippen LogP contribution in [0, 0.1) is 0 Å². The van der Waals surface area contributed by atoms with Gasteiger partial charge in [0, 0.05) is 22.3 Å². The molecule has 2 rings (SSSR count). The molecule has 5 heteroatoms. The lowest BCUT2D eigenvalue weighted by Crippen LogP contribution is -2.11. The van der Waals surface area contributed by atoms with E-state index < -0.39 is 0 Å². The number of hydrogen-bond donors (Lipinski definition) is 2. The molecular weight excluding hydrogens is 311 g/mol. The highest BCUT2D eigenvalue weighted by Gasteiger charge is 2.08. The minimum atomic E-state index is 0.138. The van der Waals surface area contributed by atoms with E-state index in [1.165, 1.54) is 0 Å². The van der Waals surface area contributed by atoms with Gasteiger partial charge in [-0.25, -0.2) is 0 Å². The van der Waals surface area contributed by atoms with Crippen molar-refractivity contribution in [2.45, 2.75) is 13.0 Å². The molecule has 0 aliphatic carbocycles. The van der Waals surface area contributed by atoms with E-state index in [4.69, 9.17) is 41.2 Å². The molecule has 0 amide bonds. The molecular formula is C15H14Cl2N2S. The van der Waals surface area contributed by atoms with Crippen molar-refractivity contribution >= 4 is 46.1 Å². The summed E-state index contributed by atoms with van der Waals surface area (Å²) in [4.78, 5) is 0.298. The lowest BCUT2D eigenvalue weighted by atomic mass is 10.1. The highest BCUT2D eigenvalue weighted by atomic mass is 35.5. The second-order valence-corrected chi connectivity index (χ2v) is 5.76. The van der Waals surface area contributed by atoms with Crippen LogP contribution in [0.25, 0.3) is 0 Å². The normalized spacial score (nSPS) is 11.9. The van der Waals surface area contributed by atoms with Crippen molar-refractivity contribution in [3.63, 3.8) is 0 Å². The van der Waals surface area contributed by atoms with Crippen molar-refractivity contribution in [2.24, 2.45) is 5.73 Å². The Hall–Kier alpha value is -1.29. The smallest absolute Gasteiger partial charge is 0.105 e. The molecule has 2 aromatic rings. The minimum Gasteiger partial charge on any atom is -0.389 e. The van der Waals surface area contributed by atoms with Crippen molar-refractivity contribution in [3.8, 4) is 0 Å². The number of anilines is 1. The molecule has 20 heavy (non-hydrogen) atoms. The van der Waals surface area contributed by atoms with Gasteiger partial charge < -0.3 is 11.1 Å². The monoisotopic (exact) mass is 324 g/mol. The summed E-state index contributed by atoms with van der Waals surface area (Å²) in [5.74, 6) is 0. The summed E-state index contributed by atoms with van der Waals surface area (Å²) in [5, 5.41) is 4.65. The first-order chi connectivity index (χ1) is 9.47. The van der Waals surface area contributed by atoms with Crippen molar-refractivity contribution in [1.29, 1.82) is 0 Å². The molecule has 0 bridgehead atoms. The minimum absolute atomic E-state index is 0.138. The zero-order chi connectivity index (χ0) is 14.7. The van der Waals surface area contributed by atoms with Gasteiger partial charge in [0.05, 0.1) is 5.02 Å². The first-order valence-corrected chi connectivity index (χ1v) is 7.25. The third-order valence-corrected chi connectivity index (χ3v) is 3.77. The molecule has 1 atom stereocenters. The van der Waals surface area contributed by atoms with Crippen LogP contribution in [0.4, 0.5) is 5.69 Å². The Morgan fingerprint density at radius 1 is 1.15 bits per heavy atom. The highest BCUT2D eigenvalue weighted by molar-refractivity contribution is 7.80. The molecule has 0 aliphatic heterocycles. The molecule has 0 fully saturated rings. The molecule has 0 aliphatic rings. The Bertz CT molecular complexity index is 626. The maximum absolute atomic E-state index is 6.15. The van der Waals surface area contributed by atoms with Crippen LogP contribution in [0.15, 0.2) is 42.5 Å². The van der Waals surface area contributed by atoms with Gasteiger partial charge in [-0.05, 0) is 42.8 Å². The highest BCUT2D eigenvalue weighted by Crippen LogP contribution is 2.25. The van der Waals surface area contributed by atoms with E-state index in [9.17, 15) is 0 Å². The fourth-order valence-electron chi connectivity index (χ4n) is 1.89. The average Bonchev–Trinajstić information content (AvgIpc) is 2.39. The molecule has 0 saturated carbocycles. The summed E-state index contributed by atoms with van der Waals surface area (Å²) in [6, 6.07) is 13.4. The third-order valence-electron chi connectivity index (χ3n) is 2.99. The Morgan fingerprint density at radius 2 is 1.80 bits per heavy atom. The van der Waals surface area contributed by atoms with Crippen LogP contribution in [0.1, 0.15) is 24.1 Å². The maximum atomic E-state index is 6.15. The molecule has 0 spiro atoms. The van der Waals surface area contributed by atoms with Gasteiger partial charge in [0.25, 0.3) is 0 Å². The standard InChI is InChI=1S/C15H14Cl2N2S/c1-9(10-2-4-11(16)5-3-10)19-12-6-7-13(15(18)20)14(17)8-12/h2-9,19H,1H3,(H2,18,20). The quantitative estimate of drug-likeness (QED) is 0.793. The number of nitrogens with one attached hydrogen (secondary N) is 1. The van der Waals surface area contributed by atoms with E-state index in [1.54, 1.807) is 0 Å². The van der Waals surface area contributed by atoms with Crippen LogP contribution in [-0.4, -0.2) is 4.99 Å². The zero-order valence-corrected chi connectivity index (χ0v) is 13.2. The number of rotatable bonds is 4. The Labute approximate surface area is 133 Å². The maximum Gasteiger partial charge on any atom is 0.105 e. The van der Waals surface area contributed by atoms with Crippen LogP contribution in [0.5, 0.6) is 0 Å². The van der Waals surface area contributed by atoms with Crippen molar-refractivity contribution < 1.29 is 0 Å². The van der Waals surface area contributed by atoms with Crippen LogP contribution in [-0.2, 0) is 0 Å². The van der Waals surface area contributed by atoms with Gasteiger partial charge in [0.2, 0.25) is 0 Å². The number of halogens is 2. The number of hydrogen-bond acceptors (Lipinski definition) is 2. The van der Waals surface area contributed by atoms with Crippen molar-refractivity contribution in [2.75, 3.05) is 5.32 Å². The summed E-state index contributed by atoms with van der Waals surface area (Å²) >= 11 is 17.0. The fraction of sp³-hybridized carbons (Fsp3) is 0.133. The summed E-state index contributed by atoms with van der Waals surface area (Å²) < 4.78 is 0. The summed E-state index contributed by atoms with van der Waals surface area (Å²) in [6.07, 6.45) is 0. The fourth-order valence-corrected chi connectivity index (χ4v) is 2.53. The van der Waals surface area contributed by atoms with Gasteiger partial charge in [0.1, 0.15) is 4.99 Å². The SMILES string of the molecule is CC(Nc1ccc(C(N)=S)c(Cl)c1)c1ccc(Cl)cc1. The molecule has 2 nitrogen and oxygen atoms in total. The zero-order valence-electron chi connectivity index (χ0n) is 10.9. The average molecular weight is 325 g/mol. The summed E-state index contributed by atoms with van der Waals surface area (Å²) in [5.41, 5.74) is 8.33. The van der Waals surface area contributed by atoms with Crippen LogP contribution in [0.2, 0.25) is 10.0 Å². The van der Waals surface area contributed by atoms with Gasteiger partial charge in [-0.1, -0.05) is 47.6 Å². The van der Waals surface area contributed by atoms with Crippen LogP contribution < -0.4 is 11.1 Å². The molecule has 0 aromatic heterocycles. The van der Waals surface area contributed by atoms with Crippen LogP contribution in [0.3, 0.4) is 0 Å². The lowest BCUT2D eigenvalue weighted by Gasteiger charge is -2.16. The topological polar surface area (TPSA) is 38.0 Å². The first-order valence-electron chi connectivity index (χ1n) is 6.08. The van der Waals surface area contributed by atoms with Gasteiger partial charge in [-0.3, -0.25) is 0 Å². The van der Waals surface area contributed by atoms with Gasteiger partial charge in [0.15, 0.2) is 0 Å². The molecule has 0 radical (unpaired) electrons. The number of nitrogens with two attached hydrogens (primary N) is 1. The van der Waals surface area contributed by atoms with E-state index in [1.807, 2.05) is 42.5 Å². The molecule has 0 saturated heterocycles. The summed E-state index contributed by atoms with van der Waals surface area (Å²) in [6.45, 7) is 2.07. The Balaban J connectivity index is 2.15. The molecule has 2 aromatic carbocycles. The second kappa shape index (κ2) is 6.44. The van der Waals surface area contributed by atoms with Gasteiger partial charge in [-0.15, -0.1) is 0 Å². The van der Waals surface area contributed by atoms with Gasteiger partial charge in [-0.2, -0.15) is 0 Å². The van der Waals surface area contributed by atoms with E-state index in [-0.39, 0.29) is 6.04 Å². The Morgan fingerprint density at radius 3 is 2.35 bits per heavy atom. The first kappa shape index (κ1) is 15.1. The Kier molecular flexibility index (Phi) is 4.86. The van der Waals surface area contributed by atoms with Crippen LogP contribution >= 0.6 is 35.4 Å². The summed E-state index contributed by atoms with van der Waals surface area (Å²) in [7, 11) is 0. The predicted octanol–water partition coefficient (Wildman–Crippen LogP) is 4.80. The molecule has 3 N–H and O–H groups in total. The van der Waals surface area contributed by atoms with E-state index in [0.717, 1.165) is 16.3 Å². The van der Waals surface area contributed by atoms with Crippen molar-refractivity contribution in [1.82, 2.24) is 0 Å². The molecule has 0 heterocycles. The largest absolute Gasteiger partial charge is 0.389 e. The molecule has 104 valence electrons. The lowest BCUT2D eigenvalue weighted by molar-refractivity contribution is 0.885. The second-order valence-electron chi connectivity index (χ2n) is 4.48. The van der Waals surface area contributed by atoms with E-state index in [2.05, 4.69) is 12.2 Å². The van der Waals surface area contributed by atoms with Crippen molar-refractivity contribution in [3.05, 3.63) is 63.6 Å². The van der Waals surface area contributed by atoms with E-state index in [0.29, 0.717) is 15.6 Å².